The van der Waals surface area contributed by atoms with Crippen molar-refractivity contribution in [2.75, 3.05) is 18.9 Å². The van der Waals surface area contributed by atoms with Crippen LogP contribution in [-0.4, -0.2) is 29.4 Å². The molecule has 4 nitrogen and oxygen atoms in total. The molecular formula is C19H19Cl2N3OS. The monoisotopic (exact) mass is 407 g/mol. The van der Waals surface area contributed by atoms with Gasteiger partial charge >= 0.3 is 0 Å². The maximum Gasteiger partial charge on any atom is 0.238 e. The SMILES string of the molecule is Cc1ccc(Cl)c(NC(=O)CN(C)C(C)c2nc3ccccc3s2)c1Cl. The molecule has 3 aromatic rings. The van der Waals surface area contributed by atoms with Crippen LogP contribution in [0.5, 0.6) is 0 Å². The van der Waals surface area contributed by atoms with Crippen LogP contribution in [0.4, 0.5) is 5.69 Å². The lowest BCUT2D eigenvalue weighted by molar-refractivity contribution is -0.117. The number of fused-ring (bicyclic) bond motifs is 1. The number of hydrogen-bond donors (Lipinski definition) is 1. The molecule has 1 aromatic heterocycles. The molecule has 0 spiro atoms. The zero-order valence-corrected chi connectivity index (χ0v) is 17.0. The number of aromatic nitrogens is 1. The lowest BCUT2D eigenvalue weighted by Gasteiger charge is -2.22. The van der Waals surface area contributed by atoms with Crippen molar-refractivity contribution in [3.8, 4) is 0 Å². The molecule has 0 fully saturated rings. The topological polar surface area (TPSA) is 45.2 Å². The van der Waals surface area contributed by atoms with Crippen LogP contribution in [0.15, 0.2) is 36.4 Å². The Bertz CT molecular complexity index is 924. The first-order chi connectivity index (χ1) is 12.4. The number of benzene rings is 2. The largest absolute Gasteiger partial charge is 0.322 e. The van der Waals surface area contributed by atoms with Crippen LogP contribution in [-0.2, 0) is 4.79 Å². The number of nitrogens with zero attached hydrogens (tertiary/aromatic N) is 2. The molecule has 0 saturated heterocycles. The Balaban J connectivity index is 1.70. The van der Waals surface area contributed by atoms with E-state index in [0.29, 0.717) is 15.7 Å². The summed E-state index contributed by atoms with van der Waals surface area (Å²) in [4.78, 5) is 19.1. The molecule has 7 heteroatoms. The predicted octanol–water partition coefficient (Wildman–Crippen LogP) is 5.54. The van der Waals surface area contributed by atoms with Gasteiger partial charge in [0.25, 0.3) is 0 Å². The van der Waals surface area contributed by atoms with Crippen molar-refractivity contribution < 1.29 is 4.79 Å². The van der Waals surface area contributed by atoms with Crippen LogP contribution in [0.1, 0.15) is 23.5 Å². The first kappa shape index (κ1) is 19.1. The van der Waals surface area contributed by atoms with Gasteiger partial charge in [0.2, 0.25) is 5.91 Å². The number of carbonyl (C=O) groups is 1. The third-order valence-corrected chi connectivity index (χ3v) is 6.28. The molecule has 2 aromatic carbocycles. The Kier molecular flexibility index (Phi) is 5.82. The van der Waals surface area contributed by atoms with Gasteiger partial charge in [-0.25, -0.2) is 4.98 Å². The second kappa shape index (κ2) is 7.92. The Morgan fingerprint density at radius 1 is 1.27 bits per heavy atom. The number of para-hydroxylation sites is 1. The fourth-order valence-electron chi connectivity index (χ4n) is 2.57. The maximum atomic E-state index is 12.5. The second-order valence-electron chi connectivity index (χ2n) is 6.21. The van der Waals surface area contributed by atoms with Crippen LogP contribution in [0, 0.1) is 6.92 Å². The van der Waals surface area contributed by atoms with Gasteiger partial charge in [0.15, 0.2) is 0 Å². The summed E-state index contributed by atoms with van der Waals surface area (Å²) in [6.45, 7) is 4.12. The minimum Gasteiger partial charge on any atom is -0.322 e. The van der Waals surface area contributed by atoms with Crippen LogP contribution >= 0.6 is 34.5 Å². The molecule has 0 saturated carbocycles. The van der Waals surface area contributed by atoms with Gasteiger partial charge in [-0.1, -0.05) is 41.4 Å². The lowest BCUT2D eigenvalue weighted by atomic mass is 10.2. The van der Waals surface area contributed by atoms with Crippen molar-refractivity contribution in [3.63, 3.8) is 0 Å². The first-order valence-electron chi connectivity index (χ1n) is 8.17. The van der Waals surface area contributed by atoms with Gasteiger partial charge in [-0.15, -0.1) is 11.3 Å². The molecule has 1 N–H and O–H groups in total. The molecule has 0 radical (unpaired) electrons. The molecule has 136 valence electrons. The average Bonchev–Trinajstić information content (AvgIpc) is 3.05. The third-order valence-electron chi connectivity index (χ3n) is 4.27. The molecule has 0 aliphatic rings. The van der Waals surface area contributed by atoms with E-state index in [-0.39, 0.29) is 18.5 Å². The van der Waals surface area contributed by atoms with Gasteiger partial charge in [0.05, 0.1) is 38.5 Å². The smallest absolute Gasteiger partial charge is 0.238 e. The highest BCUT2D eigenvalue weighted by atomic mass is 35.5. The number of amides is 1. The van der Waals surface area contributed by atoms with Crippen LogP contribution in [0.25, 0.3) is 10.2 Å². The average molecular weight is 408 g/mol. The molecule has 1 heterocycles. The van der Waals surface area contributed by atoms with E-state index in [1.807, 2.05) is 50.1 Å². The van der Waals surface area contributed by atoms with E-state index in [4.69, 9.17) is 23.2 Å². The minimum absolute atomic E-state index is 0.0154. The Morgan fingerprint density at radius 2 is 2.00 bits per heavy atom. The summed E-state index contributed by atoms with van der Waals surface area (Å²) in [7, 11) is 1.90. The van der Waals surface area contributed by atoms with E-state index in [1.54, 1.807) is 17.4 Å². The van der Waals surface area contributed by atoms with Gasteiger partial charge in [-0.2, -0.15) is 0 Å². The van der Waals surface area contributed by atoms with Gasteiger partial charge in [-0.3, -0.25) is 9.69 Å². The van der Waals surface area contributed by atoms with Crippen molar-refractivity contribution in [2.24, 2.45) is 0 Å². The Morgan fingerprint density at radius 3 is 2.73 bits per heavy atom. The Hall–Kier alpha value is -1.66. The van der Waals surface area contributed by atoms with E-state index < -0.39 is 0 Å². The summed E-state index contributed by atoms with van der Waals surface area (Å²) in [6, 6.07) is 11.6. The fraction of sp³-hybridized carbons (Fsp3) is 0.263. The van der Waals surface area contributed by atoms with Crippen molar-refractivity contribution in [1.82, 2.24) is 9.88 Å². The maximum absolute atomic E-state index is 12.5. The highest BCUT2D eigenvalue weighted by molar-refractivity contribution is 7.18. The summed E-state index contributed by atoms with van der Waals surface area (Å²) >= 11 is 14.1. The van der Waals surface area contributed by atoms with Crippen molar-refractivity contribution in [1.29, 1.82) is 0 Å². The number of carbonyl (C=O) groups excluding carboxylic acids is 1. The summed E-state index contributed by atoms with van der Waals surface area (Å²) in [6.07, 6.45) is 0. The number of nitrogens with one attached hydrogen (secondary N) is 1. The molecular weight excluding hydrogens is 389 g/mol. The van der Waals surface area contributed by atoms with Gasteiger partial charge in [0, 0.05) is 0 Å². The second-order valence-corrected chi connectivity index (χ2v) is 8.06. The molecule has 3 rings (SSSR count). The van der Waals surface area contributed by atoms with Gasteiger partial charge < -0.3 is 5.32 Å². The number of aryl methyl sites for hydroxylation is 1. The van der Waals surface area contributed by atoms with E-state index in [9.17, 15) is 4.79 Å². The first-order valence-corrected chi connectivity index (χ1v) is 9.74. The van der Waals surface area contributed by atoms with Crippen molar-refractivity contribution in [2.45, 2.75) is 19.9 Å². The summed E-state index contributed by atoms with van der Waals surface area (Å²) in [5.41, 5.74) is 2.30. The van der Waals surface area contributed by atoms with E-state index >= 15 is 0 Å². The van der Waals surface area contributed by atoms with Crippen LogP contribution in [0.3, 0.4) is 0 Å². The number of likely N-dealkylation sites (N-methyl/N-ethyl adjacent to an activating group) is 1. The van der Waals surface area contributed by atoms with E-state index in [2.05, 4.69) is 16.4 Å². The Labute approximate surface area is 166 Å². The number of hydrogen-bond acceptors (Lipinski definition) is 4. The highest BCUT2D eigenvalue weighted by Gasteiger charge is 2.19. The molecule has 1 unspecified atom stereocenters. The zero-order chi connectivity index (χ0) is 18.8. The molecule has 1 atom stereocenters. The zero-order valence-electron chi connectivity index (χ0n) is 14.7. The third kappa shape index (κ3) is 4.01. The normalized spacial score (nSPS) is 12.5. The molecule has 26 heavy (non-hydrogen) atoms. The molecule has 1 amide bonds. The molecule has 0 bridgehead atoms. The predicted molar refractivity (Wildman–Crippen MR) is 110 cm³/mol. The summed E-state index contributed by atoms with van der Waals surface area (Å²) in [5.74, 6) is -0.171. The lowest BCUT2D eigenvalue weighted by Crippen LogP contribution is -2.32. The number of thiazole rings is 1. The van der Waals surface area contributed by atoms with E-state index in [0.717, 1.165) is 20.8 Å². The quantitative estimate of drug-likeness (QED) is 0.603. The summed E-state index contributed by atoms with van der Waals surface area (Å²) in [5, 5.41) is 4.69. The standard InChI is InChI=1S/C19H19Cl2N3OS/c1-11-8-9-13(20)18(17(11)21)23-16(25)10-24(3)12(2)19-22-14-6-4-5-7-15(14)26-19/h4-9,12H,10H2,1-3H3,(H,23,25). The minimum atomic E-state index is -0.171. The van der Waals surface area contributed by atoms with Crippen LogP contribution in [0.2, 0.25) is 10.0 Å². The van der Waals surface area contributed by atoms with Crippen molar-refractivity contribution in [3.05, 3.63) is 57.0 Å². The number of halogens is 2. The highest BCUT2D eigenvalue weighted by Crippen LogP contribution is 2.33. The molecule has 0 aliphatic carbocycles. The number of anilines is 1. The van der Waals surface area contributed by atoms with Gasteiger partial charge in [0.1, 0.15) is 5.01 Å². The van der Waals surface area contributed by atoms with Crippen molar-refractivity contribution >= 4 is 56.3 Å². The molecule has 0 aliphatic heterocycles. The van der Waals surface area contributed by atoms with Gasteiger partial charge in [-0.05, 0) is 44.7 Å². The fourth-order valence-corrected chi connectivity index (χ4v) is 4.12. The number of rotatable bonds is 5. The summed E-state index contributed by atoms with van der Waals surface area (Å²) < 4.78 is 1.14. The van der Waals surface area contributed by atoms with Crippen LogP contribution < -0.4 is 5.32 Å². The van der Waals surface area contributed by atoms with E-state index in [1.165, 1.54) is 0 Å².